The average Bonchev–Trinajstić information content (AvgIpc) is 3.11. The summed E-state index contributed by atoms with van der Waals surface area (Å²) in [7, 11) is 0. The number of benzene rings is 2. The number of nitrogens with zero attached hydrogens (tertiary/aromatic N) is 3. The number of para-hydroxylation sites is 1. The van der Waals surface area contributed by atoms with Crippen LogP contribution in [0.2, 0.25) is 0 Å². The van der Waals surface area contributed by atoms with Crippen LogP contribution in [0.25, 0.3) is 16.8 Å². The molecular formula is C23H20N4O. The van der Waals surface area contributed by atoms with Gasteiger partial charge in [-0.15, -0.1) is 0 Å². The molecule has 0 saturated heterocycles. The van der Waals surface area contributed by atoms with E-state index in [1.54, 1.807) is 23.1 Å². The standard InChI is InChI=1S/C23H20N4O/c1-16-8-6-7-11-21(16)27-17(2)20(15-25-27)23(28)26-22-13-12-19(14-24-22)18-9-4-3-5-10-18/h3-15H,1-2H3,(H,24,26,28). The van der Waals surface area contributed by atoms with Crippen molar-refractivity contribution in [1.29, 1.82) is 0 Å². The number of carbonyl (C=O) groups is 1. The minimum absolute atomic E-state index is 0.225. The van der Waals surface area contributed by atoms with E-state index in [0.717, 1.165) is 28.1 Å². The van der Waals surface area contributed by atoms with Gasteiger partial charge in [0.2, 0.25) is 0 Å². The fourth-order valence-corrected chi connectivity index (χ4v) is 3.13. The monoisotopic (exact) mass is 368 g/mol. The SMILES string of the molecule is Cc1ccccc1-n1ncc(C(=O)Nc2ccc(-c3ccccc3)cn2)c1C. The molecule has 0 atom stereocenters. The van der Waals surface area contributed by atoms with E-state index in [1.807, 2.05) is 74.5 Å². The average molecular weight is 368 g/mol. The fourth-order valence-electron chi connectivity index (χ4n) is 3.13. The Bertz CT molecular complexity index is 1120. The van der Waals surface area contributed by atoms with Crippen LogP contribution < -0.4 is 5.32 Å². The van der Waals surface area contributed by atoms with Gasteiger partial charge in [0.05, 0.1) is 23.1 Å². The second kappa shape index (κ2) is 7.48. The molecule has 138 valence electrons. The number of hydrogen-bond acceptors (Lipinski definition) is 3. The number of aromatic nitrogens is 3. The van der Waals surface area contributed by atoms with E-state index in [9.17, 15) is 4.79 Å². The lowest BCUT2D eigenvalue weighted by molar-refractivity contribution is 0.102. The zero-order valence-electron chi connectivity index (χ0n) is 15.8. The maximum atomic E-state index is 12.7. The lowest BCUT2D eigenvalue weighted by Crippen LogP contribution is -2.14. The van der Waals surface area contributed by atoms with Gasteiger partial charge in [-0.25, -0.2) is 9.67 Å². The number of amides is 1. The van der Waals surface area contributed by atoms with Crippen LogP contribution in [-0.2, 0) is 0 Å². The van der Waals surface area contributed by atoms with Gasteiger partial charge in [0, 0.05) is 11.8 Å². The number of pyridine rings is 1. The molecule has 2 aromatic carbocycles. The van der Waals surface area contributed by atoms with E-state index in [2.05, 4.69) is 15.4 Å². The molecule has 0 aliphatic carbocycles. The van der Waals surface area contributed by atoms with Gasteiger partial charge in [-0.2, -0.15) is 5.10 Å². The first kappa shape index (κ1) is 17.7. The van der Waals surface area contributed by atoms with Crippen LogP contribution in [-0.4, -0.2) is 20.7 Å². The zero-order chi connectivity index (χ0) is 19.5. The quantitative estimate of drug-likeness (QED) is 0.563. The van der Waals surface area contributed by atoms with Gasteiger partial charge in [-0.05, 0) is 43.2 Å². The Kier molecular flexibility index (Phi) is 4.72. The molecule has 0 fully saturated rings. The third kappa shape index (κ3) is 3.42. The van der Waals surface area contributed by atoms with Crippen LogP contribution in [0.4, 0.5) is 5.82 Å². The summed E-state index contributed by atoms with van der Waals surface area (Å²) in [6.07, 6.45) is 3.35. The molecule has 2 heterocycles. The van der Waals surface area contributed by atoms with E-state index in [0.29, 0.717) is 11.4 Å². The number of aryl methyl sites for hydroxylation is 1. The molecule has 0 saturated carbocycles. The van der Waals surface area contributed by atoms with Gasteiger partial charge in [0.25, 0.3) is 5.91 Å². The minimum Gasteiger partial charge on any atom is -0.306 e. The lowest BCUT2D eigenvalue weighted by atomic mass is 10.1. The Morgan fingerprint density at radius 3 is 2.32 bits per heavy atom. The second-order valence-electron chi connectivity index (χ2n) is 6.59. The van der Waals surface area contributed by atoms with E-state index in [4.69, 9.17) is 0 Å². The first-order chi connectivity index (χ1) is 13.6. The largest absolute Gasteiger partial charge is 0.306 e. The lowest BCUT2D eigenvalue weighted by Gasteiger charge is -2.09. The molecule has 0 spiro atoms. The van der Waals surface area contributed by atoms with Crippen molar-refractivity contribution in [2.45, 2.75) is 13.8 Å². The van der Waals surface area contributed by atoms with Crippen LogP contribution in [0.1, 0.15) is 21.6 Å². The highest BCUT2D eigenvalue weighted by molar-refractivity contribution is 6.04. The van der Waals surface area contributed by atoms with Gasteiger partial charge in [-0.3, -0.25) is 4.79 Å². The number of carbonyl (C=O) groups excluding carboxylic acids is 1. The molecule has 0 radical (unpaired) electrons. The Balaban J connectivity index is 1.54. The summed E-state index contributed by atoms with van der Waals surface area (Å²) in [5.74, 6) is 0.282. The maximum Gasteiger partial charge on any atom is 0.260 e. The van der Waals surface area contributed by atoms with Gasteiger partial charge in [-0.1, -0.05) is 48.5 Å². The summed E-state index contributed by atoms with van der Waals surface area (Å²) in [6, 6.07) is 21.7. The predicted octanol–water partition coefficient (Wildman–Crippen LogP) is 4.80. The van der Waals surface area contributed by atoms with E-state index < -0.39 is 0 Å². The van der Waals surface area contributed by atoms with Crippen molar-refractivity contribution < 1.29 is 4.79 Å². The molecule has 0 aliphatic rings. The molecule has 5 nitrogen and oxygen atoms in total. The van der Waals surface area contributed by atoms with E-state index >= 15 is 0 Å². The molecule has 2 aromatic heterocycles. The zero-order valence-corrected chi connectivity index (χ0v) is 15.8. The van der Waals surface area contributed by atoms with Crippen molar-refractivity contribution in [3.8, 4) is 16.8 Å². The Hall–Kier alpha value is -3.73. The Morgan fingerprint density at radius 2 is 1.61 bits per heavy atom. The third-order valence-corrected chi connectivity index (χ3v) is 4.71. The molecule has 4 aromatic rings. The second-order valence-corrected chi connectivity index (χ2v) is 6.59. The number of hydrogen-bond donors (Lipinski definition) is 1. The molecule has 4 rings (SSSR count). The van der Waals surface area contributed by atoms with Gasteiger partial charge in [0.15, 0.2) is 0 Å². The van der Waals surface area contributed by atoms with Crippen molar-refractivity contribution in [3.05, 3.63) is 95.9 Å². The molecule has 28 heavy (non-hydrogen) atoms. The topological polar surface area (TPSA) is 59.8 Å². The summed E-state index contributed by atoms with van der Waals surface area (Å²) < 4.78 is 1.79. The first-order valence-electron chi connectivity index (χ1n) is 9.07. The number of nitrogens with one attached hydrogen (secondary N) is 1. The molecule has 0 bridgehead atoms. The van der Waals surface area contributed by atoms with Crippen molar-refractivity contribution in [1.82, 2.24) is 14.8 Å². The third-order valence-electron chi connectivity index (χ3n) is 4.71. The molecule has 0 unspecified atom stereocenters. The van der Waals surface area contributed by atoms with Crippen LogP contribution in [0.3, 0.4) is 0 Å². The summed E-state index contributed by atoms with van der Waals surface area (Å²) in [5, 5.41) is 7.25. The summed E-state index contributed by atoms with van der Waals surface area (Å²) in [4.78, 5) is 17.1. The highest BCUT2D eigenvalue weighted by atomic mass is 16.1. The molecular weight excluding hydrogens is 348 g/mol. The summed E-state index contributed by atoms with van der Waals surface area (Å²) in [5.41, 5.74) is 5.46. The predicted molar refractivity (Wildman–Crippen MR) is 111 cm³/mol. The van der Waals surface area contributed by atoms with Crippen molar-refractivity contribution in [3.63, 3.8) is 0 Å². The Morgan fingerprint density at radius 1 is 0.857 bits per heavy atom. The molecule has 0 aliphatic heterocycles. The summed E-state index contributed by atoms with van der Waals surface area (Å²) >= 11 is 0. The van der Waals surface area contributed by atoms with E-state index in [-0.39, 0.29) is 5.91 Å². The van der Waals surface area contributed by atoms with Gasteiger partial charge in [0.1, 0.15) is 5.82 Å². The van der Waals surface area contributed by atoms with Gasteiger partial charge < -0.3 is 5.32 Å². The number of anilines is 1. The maximum absolute atomic E-state index is 12.7. The molecule has 1 N–H and O–H groups in total. The van der Waals surface area contributed by atoms with Gasteiger partial charge >= 0.3 is 0 Å². The molecule has 5 heteroatoms. The van der Waals surface area contributed by atoms with Crippen molar-refractivity contribution in [2.24, 2.45) is 0 Å². The van der Waals surface area contributed by atoms with Crippen molar-refractivity contribution >= 4 is 11.7 Å². The van der Waals surface area contributed by atoms with Crippen LogP contribution in [0.5, 0.6) is 0 Å². The van der Waals surface area contributed by atoms with Crippen LogP contribution in [0.15, 0.2) is 79.1 Å². The fraction of sp³-hybridized carbons (Fsp3) is 0.0870. The van der Waals surface area contributed by atoms with Crippen LogP contribution in [0, 0.1) is 13.8 Å². The summed E-state index contributed by atoms with van der Waals surface area (Å²) in [6.45, 7) is 3.91. The highest BCUT2D eigenvalue weighted by Crippen LogP contribution is 2.21. The number of rotatable bonds is 4. The highest BCUT2D eigenvalue weighted by Gasteiger charge is 2.16. The minimum atomic E-state index is -0.225. The van der Waals surface area contributed by atoms with Crippen molar-refractivity contribution in [2.75, 3.05) is 5.32 Å². The normalized spacial score (nSPS) is 10.6. The Labute approximate surface area is 163 Å². The smallest absolute Gasteiger partial charge is 0.260 e. The first-order valence-corrected chi connectivity index (χ1v) is 9.07. The van der Waals surface area contributed by atoms with Crippen LogP contribution >= 0.6 is 0 Å². The van der Waals surface area contributed by atoms with E-state index in [1.165, 1.54) is 0 Å². The molecule has 1 amide bonds.